The van der Waals surface area contributed by atoms with Gasteiger partial charge in [0.1, 0.15) is 5.82 Å². The van der Waals surface area contributed by atoms with E-state index in [1.54, 1.807) is 6.20 Å². The Bertz CT molecular complexity index is 385. The van der Waals surface area contributed by atoms with Gasteiger partial charge in [-0.15, -0.1) is 0 Å². The minimum absolute atomic E-state index is 0.0392. The Morgan fingerprint density at radius 2 is 1.95 bits per heavy atom. The van der Waals surface area contributed by atoms with Crippen molar-refractivity contribution in [2.24, 2.45) is 11.8 Å². The first-order chi connectivity index (χ1) is 8.97. The van der Waals surface area contributed by atoms with Crippen LogP contribution in [-0.4, -0.2) is 17.4 Å². The molecular formula is C15H25N3O. The first-order valence-electron chi connectivity index (χ1n) is 6.97. The molecule has 1 amide bonds. The zero-order valence-electron chi connectivity index (χ0n) is 12.4. The molecule has 106 valence electrons. The monoisotopic (exact) mass is 263 g/mol. The summed E-state index contributed by atoms with van der Waals surface area (Å²) in [5.41, 5.74) is 0.750. The van der Waals surface area contributed by atoms with Crippen molar-refractivity contribution in [3.05, 3.63) is 18.3 Å². The topological polar surface area (TPSA) is 54.0 Å². The quantitative estimate of drug-likeness (QED) is 0.791. The van der Waals surface area contributed by atoms with E-state index in [-0.39, 0.29) is 5.91 Å². The Hall–Kier alpha value is -1.58. The number of hydrogen-bond donors (Lipinski definition) is 2. The number of nitrogens with zero attached hydrogens (tertiary/aromatic N) is 1. The molecule has 1 rings (SSSR count). The smallest absolute Gasteiger partial charge is 0.224 e. The van der Waals surface area contributed by atoms with Gasteiger partial charge in [-0.1, -0.05) is 27.7 Å². The van der Waals surface area contributed by atoms with E-state index in [1.165, 1.54) is 0 Å². The molecule has 19 heavy (non-hydrogen) atoms. The van der Waals surface area contributed by atoms with Crippen molar-refractivity contribution in [2.45, 2.75) is 40.5 Å². The second-order valence-electron chi connectivity index (χ2n) is 5.69. The Morgan fingerprint density at radius 1 is 1.21 bits per heavy atom. The molecule has 0 saturated carbocycles. The maximum Gasteiger partial charge on any atom is 0.224 e. The zero-order valence-corrected chi connectivity index (χ0v) is 12.4. The van der Waals surface area contributed by atoms with Crippen molar-refractivity contribution in [3.8, 4) is 0 Å². The van der Waals surface area contributed by atoms with E-state index < -0.39 is 0 Å². The number of amides is 1. The summed E-state index contributed by atoms with van der Waals surface area (Å²) in [5.74, 6) is 1.94. The third kappa shape index (κ3) is 6.79. The van der Waals surface area contributed by atoms with Crippen molar-refractivity contribution < 1.29 is 4.79 Å². The van der Waals surface area contributed by atoms with Gasteiger partial charge in [0.2, 0.25) is 5.91 Å². The summed E-state index contributed by atoms with van der Waals surface area (Å²) >= 11 is 0. The van der Waals surface area contributed by atoms with Crippen LogP contribution in [0.5, 0.6) is 0 Å². The highest BCUT2D eigenvalue weighted by atomic mass is 16.1. The summed E-state index contributed by atoms with van der Waals surface area (Å²) in [6, 6.07) is 3.77. The molecule has 1 aromatic heterocycles. The van der Waals surface area contributed by atoms with Crippen LogP contribution in [-0.2, 0) is 4.79 Å². The summed E-state index contributed by atoms with van der Waals surface area (Å²) < 4.78 is 0. The van der Waals surface area contributed by atoms with Crippen LogP contribution in [0.4, 0.5) is 11.5 Å². The van der Waals surface area contributed by atoms with Gasteiger partial charge in [-0.25, -0.2) is 4.98 Å². The van der Waals surface area contributed by atoms with Gasteiger partial charge in [-0.2, -0.15) is 0 Å². The lowest BCUT2D eigenvalue weighted by atomic mass is 10.1. The lowest BCUT2D eigenvalue weighted by molar-refractivity contribution is -0.116. The molecule has 1 aromatic rings. The van der Waals surface area contributed by atoms with Crippen LogP contribution < -0.4 is 10.6 Å². The maximum atomic E-state index is 11.6. The number of carbonyl (C=O) groups is 1. The molecule has 4 heteroatoms. The van der Waals surface area contributed by atoms with Gasteiger partial charge in [0.15, 0.2) is 0 Å². The SMILES string of the molecule is CC(C)CCNc1ccc(NC(=O)CC(C)C)cn1. The highest BCUT2D eigenvalue weighted by Gasteiger charge is 2.05. The Morgan fingerprint density at radius 3 is 2.47 bits per heavy atom. The average molecular weight is 263 g/mol. The first kappa shape index (κ1) is 15.5. The normalized spacial score (nSPS) is 10.8. The van der Waals surface area contributed by atoms with Gasteiger partial charge in [-0.3, -0.25) is 4.79 Å². The molecular weight excluding hydrogens is 238 g/mol. The van der Waals surface area contributed by atoms with Crippen molar-refractivity contribution in [2.75, 3.05) is 17.2 Å². The summed E-state index contributed by atoms with van der Waals surface area (Å²) in [5, 5.41) is 6.11. The largest absolute Gasteiger partial charge is 0.370 e. The molecule has 0 unspecified atom stereocenters. The first-order valence-corrected chi connectivity index (χ1v) is 6.97. The molecule has 0 aliphatic carbocycles. The van der Waals surface area contributed by atoms with Gasteiger partial charge in [0.25, 0.3) is 0 Å². The predicted octanol–water partition coefficient (Wildman–Crippen LogP) is 3.52. The fraction of sp³-hybridized carbons (Fsp3) is 0.600. The second kappa shape index (κ2) is 7.77. The number of carbonyl (C=O) groups excluding carboxylic acids is 1. The molecule has 2 N–H and O–H groups in total. The molecule has 0 radical (unpaired) electrons. The van der Waals surface area contributed by atoms with E-state index in [1.807, 2.05) is 26.0 Å². The van der Waals surface area contributed by atoms with E-state index in [2.05, 4.69) is 29.5 Å². The third-order valence-corrected chi connectivity index (χ3v) is 2.67. The van der Waals surface area contributed by atoms with Gasteiger partial charge < -0.3 is 10.6 Å². The van der Waals surface area contributed by atoms with Gasteiger partial charge >= 0.3 is 0 Å². The molecule has 0 bridgehead atoms. The Balaban J connectivity index is 2.41. The molecule has 0 aliphatic heterocycles. The summed E-state index contributed by atoms with van der Waals surface area (Å²) in [4.78, 5) is 15.9. The van der Waals surface area contributed by atoms with E-state index in [9.17, 15) is 4.79 Å². The fourth-order valence-electron chi connectivity index (χ4n) is 1.64. The number of anilines is 2. The minimum atomic E-state index is 0.0392. The summed E-state index contributed by atoms with van der Waals surface area (Å²) in [6.45, 7) is 9.37. The lowest BCUT2D eigenvalue weighted by Gasteiger charge is -2.09. The predicted molar refractivity (Wildman–Crippen MR) is 80.3 cm³/mol. The minimum Gasteiger partial charge on any atom is -0.370 e. The second-order valence-corrected chi connectivity index (χ2v) is 5.69. The lowest BCUT2D eigenvalue weighted by Crippen LogP contribution is -2.14. The van der Waals surface area contributed by atoms with Crippen LogP contribution in [0.3, 0.4) is 0 Å². The number of pyridine rings is 1. The summed E-state index contributed by atoms with van der Waals surface area (Å²) in [6.07, 6.45) is 3.35. The molecule has 4 nitrogen and oxygen atoms in total. The molecule has 0 fully saturated rings. The fourth-order valence-corrected chi connectivity index (χ4v) is 1.64. The average Bonchev–Trinajstić information content (AvgIpc) is 2.29. The highest BCUT2D eigenvalue weighted by Crippen LogP contribution is 2.11. The highest BCUT2D eigenvalue weighted by molar-refractivity contribution is 5.90. The van der Waals surface area contributed by atoms with Crippen LogP contribution in [0.15, 0.2) is 18.3 Å². The number of nitrogens with one attached hydrogen (secondary N) is 2. The molecule has 0 aromatic carbocycles. The standard InChI is InChI=1S/C15H25N3O/c1-11(2)7-8-16-14-6-5-13(10-17-14)18-15(19)9-12(3)4/h5-6,10-12H,7-9H2,1-4H3,(H,16,17)(H,18,19). The zero-order chi connectivity index (χ0) is 14.3. The number of hydrogen-bond acceptors (Lipinski definition) is 3. The molecule has 0 aliphatic rings. The van der Waals surface area contributed by atoms with Crippen molar-refractivity contribution in [1.82, 2.24) is 4.98 Å². The summed E-state index contributed by atoms with van der Waals surface area (Å²) in [7, 11) is 0. The van der Waals surface area contributed by atoms with E-state index in [0.29, 0.717) is 18.3 Å². The van der Waals surface area contributed by atoms with Crippen molar-refractivity contribution in [3.63, 3.8) is 0 Å². The van der Waals surface area contributed by atoms with Gasteiger partial charge in [-0.05, 0) is 30.4 Å². The molecule has 0 spiro atoms. The van der Waals surface area contributed by atoms with Crippen LogP contribution in [0, 0.1) is 11.8 Å². The van der Waals surface area contributed by atoms with Crippen molar-refractivity contribution in [1.29, 1.82) is 0 Å². The molecule has 0 atom stereocenters. The van der Waals surface area contributed by atoms with Crippen LogP contribution in [0.2, 0.25) is 0 Å². The molecule has 0 saturated heterocycles. The van der Waals surface area contributed by atoms with E-state index >= 15 is 0 Å². The van der Waals surface area contributed by atoms with Crippen LogP contribution in [0.25, 0.3) is 0 Å². The third-order valence-electron chi connectivity index (χ3n) is 2.67. The van der Waals surface area contributed by atoms with Crippen molar-refractivity contribution >= 4 is 17.4 Å². The Labute approximate surface area is 116 Å². The van der Waals surface area contributed by atoms with Crippen LogP contribution >= 0.6 is 0 Å². The van der Waals surface area contributed by atoms with E-state index in [0.717, 1.165) is 24.5 Å². The van der Waals surface area contributed by atoms with Crippen LogP contribution in [0.1, 0.15) is 40.5 Å². The van der Waals surface area contributed by atoms with E-state index in [4.69, 9.17) is 0 Å². The van der Waals surface area contributed by atoms with Gasteiger partial charge in [0.05, 0.1) is 11.9 Å². The maximum absolute atomic E-state index is 11.6. The Kier molecular flexibility index (Phi) is 6.33. The van der Waals surface area contributed by atoms with Gasteiger partial charge in [0, 0.05) is 13.0 Å². The number of rotatable bonds is 7. The number of aromatic nitrogens is 1. The molecule has 1 heterocycles.